The predicted molar refractivity (Wildman–Crippen MR) is 164 cm³/mol. The summed E-state index contributed by atoms with van der Waals surface area (Å²) in [5.41, 5.74) is 5.18. The number of rotatable bonds is 7. The largest absolute Gasteiger partial charge is 0.496 e. The van der Waals surface area contributed by atoms with Crippen molar-refractivity contribution >= 4 is 21.6 Å². The number of nitrogens with one attached hydrogen (secondary N) is 1. The van der Waals surface area contributed by atoms with Gasteiger partial charge in [0.15, 0.2) is 6.10 Å². The van der Waals surface area contributed by atoms with E-state index in [1.807, 2.05) is 39.0 Å². The summed E-state index contributed by atoms with van der Waals surface area (Å²) in [6.07, 6.45) is -1.03. The standard InChI is InChI=1S/C33H42N2O5S/c1-20(2)26-18-27(22(4)16-30(26)39-9)23(5)34-32(36)31-19-35(41(37,38)25-13-10-21(3)11-14-25)28-17-24(33(6,7)8)12-15-29(28)40-31/h10-18,20,23,31H,19H2,1-9H3,(H,34,36)/t23-,31-/m0/s1. The van der Waals surface area contributed by atoms with E-state index < -0.39 is 16.1 Å². The summed E-state index contributed by atoms with van der Waals surface area (Å²) in [5.74, 6) is 1.03. The second kappa shape index (κ2) is 11.4. The number of carbonyl (C=O) groups excluding carboxylic acids is 1. The number of hydrogen-bond acceptors (Lipinski definition) is 5. The van der Waals surface area contributed by atoms with E-state index in [0.29, 0.717) is 11.4 Å². The maximum atomic E-state index is 14.0. The molecule has 220 valence electrons. The summed E-state index contributed by atoms with van der Waals surface area (Å²) in [7, 11) is -2.31. The fraction of sp³-hybridized carbons (Fsp3) is 0.424. The Morgan fingerprint density at radius 3 is 2.24 bits per heavy atom. The second-order valence-electron chi connectivity index (χ2n) is 12.2. The Labute approximate surface area is 244 Å². The van der Waals surface area contributed by atoms with Gasteiger partial charge in [0.1, 0.15) is 11.5 Å². The van der Waals surface area contributed by atoms with Crippen LogP contribution in [0, 0.1) is 13.8 Å². The zero-order chi connectivity index (χ0) is 30.3. The van der Waals surface area contributed by atoms with Crippen LogP contribution < -0.4 is 19.1 Å². The van der Waals surface area contributed by atoms with E-state index >= 15 is 0 Å². The summed E-state index contributed by atoms with van der Waals surface area (Å²) in [5, 5.41) is 3.07. The third-order valence-corrected chi connectivity index (χ3v) is 9.46. The van der Waals surface area contributed by atoms with Gasteiger partial charge in [0.25, 0.3) is 15.9 Å². The smallest absolute Gasteiger partial charge is 0.264 e. The van der Waals surface area contributed by atoms with Gasteiger partial charge in [-0.15, -0.1) is 0 Å². The number of aryl methyl sites for hydroxylation is 2. The Balaban J connectivity index is 1.69. The van der Waals surface area contributed by atoms with Crippen LogP contribution in [0.15, 0.2) is 59.5 Å². The zero-order valence-electron chi connectivity index (χ0n) is 25.5. The Kier molecular flexibility index (Phi) is 8.46. The van der Waals surface area contributed by atoms with E-state index in [0.717, 1.165) is 33.6 Å². The molecule has 0 unspecified atom stereocenters. The summed E-state index contributed by atoms with van der Waals surface area (Å²) in [6, 6.07) is 16.0. The first-order chi connectivity index (χ1) is 19.1. The van der Waals surface area contributed by atoms with Crippen molar-refractivity contribution in [3.63, 3.8) is 0 Å². The lowest BCUT2D eigenvalue weighted by atomic mass is 9.86. The highest BCUT2D eigenvalue weighted by Crippen LogP contribution is 2.40. The number of hydrogen-bond donors (Lipinski definition) is 1. The number of nitrogens with zero attached hydrogens (tertiary/aromatic N) is 1. The minimum absolute atomic E-state index is 0.145. The van der Waals surface area contributed by atoms with Gasteiger partial charge in [0.05, 0.1) is 30.3 Å². The van der Waals surface area contributed by atoms with Crippen LogP contribution in [0.2, 0.25) is 0 Å². The molecule has 0 saturated heterocycles. The highest BCUT2D eigenvalue weighted by molar-refractivity contribution is 7.92. The molecule has 0 bridgehead atoms. The molecule has 0 spiro atoms. The molecule has 4 rings (SSSR count). The Hall–Kier alpha value is -3.52. The first-order valence-electron chi connectivity index (χ1n) is 14.0. The normalized spacial score (nSPS) is 16.1. The molecule has 0 radical (unpaired) electrons. The van der Waals surface area contributed by atoms with Gasteiger partial charge in [-0.3, -0.25) is 9.10 Å². The highest BCUT2D eigenvalue weighted by atomic mass is 32.2. The summed E-state index contributed by atoms with van der Waals surface area (Å²) < 4.78 is 41.0. The lowest BCUT2D eigenvalue weighted by molar-refractivity contribution is -0.128. The fourth-order valence-corrected chi connectivity index (χ4v) is 6.58. The van der Waals surface area contributed by atoms with E-state index in [9.17, 15) is 13.2 Å². The van der Waals surface area contributed by atoms with Gasteiger partial charge in [-0.25, -0.2) is 8.42 Å². The third kappa shape index (κ3) is 6.22. The average Bonchev–Trinajstić information content (AvgIpc) is 2.91. The molecule has 1 N–H and O–H groups in total. The fourth-order valence-electron chi connectivity index (χ4n) is 5.11. The molecule has 0 aliphatic carbocycles. The summed E-state index contributed by atoms with van der Waals surface area (Å²) in [4.78, 5) is 13.8. The lowest BCUT2D eigenvalue weighted by Gasteiger charge is -2.36. The van der Waals surface area contributed by atoms with E-state index in [-0.39, 0.29) is 34.7 Å². The van der Waals surface area contributed by atoms with Gasteiger partial charge in [0.2, 0.25) is 0 Å². The summed E-state index contributed by atoms with van der Waals surface area (Å²) >= 11 is 0. The number of amides is 1. The molecule has 41 heavy (non-hydrogen) atoms. The average molecular weight is 579 g/mol. The monoisotopic (exact) mass is 578 g/mol. The zero-order valence-corrected chi connectivity index (χ0v) is 26.3. The van der Waals surface area contributed by atoms with Crippen LogP contribution in [-0.4, -0.2) is 34.1 Å². The van der Waals surface area contributed by atoms with Crippen LogP contribution >= 0.6 is 0 Å². The second-order valence-corrected chi connectivity index (χ2v) is 14.1. The number of fused-ring (bicyclic) bond motifs is 1. The van der Waals surface area contributed by atoms with Crippen LogP contribution in [0.25, 0.3) is 0 Å². The van der Waals surface area contributed by atoms with Gasteiger partial charge in [-0.05, 0) is 90.8 Å². The van der Waals surface area contributed by atoms with Gasteiger partial charge in [-0.1, -0.05) is 58.4 Å². The van der Waals surface area contributed by atoms with Crippen molar-refractivity contribution < 1.29 is 22.7 Å². The van der Waals surface area contributed by atoms with E-state index in [1.54, 1.807) is 37.4 Å². The van der Waals surface area contributed by atoms with Crippen LogP contribution in [0.1, 0.15) is 81.3 Å². The number of ether oxygens (including phenoxy) is 2. The molecule has 2 atom stereocenters. The molecule has 0 saturated carbocycles. The molecule has 3 aromatic rings. The Bertz CT molecular complexity index is 1540. The van der Waals surface area contributed by atoms with Crippen LogP contribution in [0.4, 0.5) is 5.69 Å². The molecular weight excluding hydrogens is 536 g/mol. The molecule has 1 heterocycles. The van der Waals surface area contributed by atoms with Crippen molar-refractivity contribution in [2.45, 2.75) is 83.8 Å². The number of carbonyl (C=O) groups is 1. The van der Waals surface area contributed by atoms with Crippen molar-refractivity contribution in [2.75, 3.05) is 18.0 Å². The van der Waals surface area contributed by atoms with E-state index in [2.05, 4.69) is 46.0 Å². The SMILES string of the molecule is COc1cc(C)c([C@H](C)NC(=O)[C@@H]2CN(S(=O)(=O)c3ccc(C)cc3)c3cc(C(C)(C)C)ccc3O2)cc1C(C)C. The van der Waals surface area contributed by atoms with E-state index in [4.69, 9.17) is 9.47 Å². The summed E-state index contributed by atoms with van der Waals surface area (Å²) in [6.45, 7) is 16.1. The predicted octanol–water partition coefficient (Wildman–Crippen LogP) is 6.57. The number of sulfonamides is 1. The van der Waals surface area contributed by atoms with E-state index in [1.165, 1.54) is 4.31 Å². The Morgan fingerprint density at radius 1 is 1.00 bits per heavy atom. The maximum Gasteiger partial charge on any atom is 0.264 e. The number of methoxy groups -OCH3 is 1. The molecule has 7 nitrogen and oxygen atoms in total. The number of anilines is 1. The van der Waals surface area contributed by atoms with Crippen molar-refractivity contribution in [3.05, 3.63) is 82.4 Å². The minimum Gasteiger partial charge on any atom is -0.496 e. The van der Waals surface area contributed by atoms with Crippen LogP contribution in [0.5, 0.6) is 11.5 Å². The van der Waals surface area contributed by atoms with Gasteiger partial charge < -0.3 is 14.8 Å². The van der Waals surface area contributed by atoms with Crippen molar-refractivity contribution in [1.29, 1.82) is 0 Å². The minimum atomic E-state index is -3.97. The maximum absolute atomic E-state index is 14.0. The van der Waals surface area contributed by atoms with Crippen molar-refractivity contribution in [3.8, 4) is 11.5 Å². The van der Waals surface area contributed by atoms with Crippen molar-refractivity contribution in [1.82, 2.24) is 5.32 Å². The molecule has 1 amide bonds. The Morgan fingerprint density at radius 2 is 1.66 bits per heavy atom. The first kappa shape index (κ1) is 30.4. The molecular formula is C33H42N2O5S. The molecule has 3 aromatic carbocycles. The molecule has 0 fully saturated rings. The van der Waals surface area contributed by atoms with Crippen LogP contribution in [0.3, 0.4) is 0 Å². The van der Waals surface area contributed by atoms with Gasteiger partial charge in [-0.2, -0.15) is 0 Å². The van der Waals surface area contributed by atoms with Gasteiger partial charge in [0, 0.05) is 0 Å². The van der Waals surface area contributed by atoms with Crippen LogP contribution in [-0.2, 0) is 20.2 Å². The molecule has 1 aliphatic rings. The number of benzene rings is 3. The topological polar surface area (TPSA) is 84.9 Å². The van der Waals surface area contributed by atoms with Crippen molar-refractivity contribution in [2.24, 2.45) is 0 Å². The third-order valence-electron chi connectivity index (χ3n) is 7.66. The highest BCUT2D eigenvalue weighted by Gasteiger charge is 2.38. The van der Waals surface area contributed by atoms with Gasteiger partial charge >= 0.3 is 0 Å². The quantitative estimate of drug-likeness (QED) is 0.343. The lowest BCUT2D eigenvalue weighted by Crippen LogP contribution is -2.51. The molecule has 0 aromatic heterocycles. The molecule has 1 aliphatic heterocycles. The first-order valence-corrected chi connectivity index (χ1v) is 15.5. The molecule has 8 heteroatoms.